The summed E-state index contributed by atoms with van der Waals surface area (Å²) in [5.74, 6) is 0.705. The number of amides is 1. The summed E-state index contributed by atoms with van der Waals surface area (Å²) in [4.78, 5) is 32.5. The smallest absolute Gasteiger partial charge is 0.267 e. The first-order valence-corrected chi connectivity index (χ1v) is 11.9. The fourth-order valence-electron chi connectivity index (χ4n) is 3.25. The number of methoxy groups -OCH3 is 2. The van der Waals surface area contributed by atoms with Gasteiger partial charge >= 0.3 is 0 Å². The SMILES string of the molecule is CCc1sc2nc(SCC(=O)NCCCOC)n(-c3cccc(OC)c3)c(=O)c2c1C. The summed E-state index contributed by atoms with van der Waals surface area (Å²) in [6.45, 7) is 5.18. The van der Waals surface area contributed by atoms with Gasteiger partial charge in [0.1, 0.15) is 10.6 Å². The molecule has 2 heterocycles. The number of nitrogens with zero attached hydrogens (tertiary/aromatic N) is 2. The highest BCUT2D eigenvalue weighted by atomic mass is 32.2. The number of rotatable bonds is 10. The van der Waals surface area contributed by atoms with Gasteiger partial charge in [0.25, 0.3) is 5.56 Å². The van der Waals surface area contributed by atoms with E-state index >= 15 is 0 Å². The van der Waals surface area contributed by atoms with Crippen LogP contribution in [0.4, 0.5) is 0 Å². The van der Waals surface area contributed by atoms with Crippen LogP contribution in [0, 0.1) is 6.92 Å². The number of hydrogen-bond acceptors (Lipinski definition) is 7. The predicted molar refractivity (Wildman–Crippen MR) is 126 cm³/mol. The minimum absolute atomic E-state index is 0.107. The molecule has 3 aromatic rings. The van der Waals surface area contributed by atoms with Gasteiger partial charge in [-0.15, -0.1) is 11.3 Å². The van der Waals surface area contributed by atoms with Crippen molar-refractivity contribution in [1.29, 1.82) is 0 Å². The van der Waals surface area contributed by atoms with Gasteiger partial charge in [0.2, 0.25) is 5.91 Å². The van der Waals surface area contributed by atoms with Crippen LogP contribution in [-0.4, -0.2) is 48.6 Å². The molecule has 0 aliphatic heterocycles. The summed E-state index contributed by atoms with van der Waals surface area (Å²) in [5.41, 5.74) is 1.50. The summed E-state index contributed by atoms with van der Waals surface area (Å²) in [7, 11) is 3.22. The molecule has 0 saturated carbocycles. The molecular weight excluding hydrogens is 434 g/mol. The number of ether oxygens (including phenoxy) is 2. The number of benzene rings is 1. The highest BCUT2D eigenvalue weighted by Crippen LogP contribution is 2.31. The first kappa shape index (κ1) is 23.3. The van der Waals surface area contributed by atoms with E-state index in [1.54, 1.807) is 36.2 Å². The van der Waals surface area contributed by atoms with Gasteiger partial charge in [-0.1, -0.05) is 24.8 Å². The number of carbonyl (C=O) groups is 1. The second-order valence-electron chi connectivity index (χ2n) is 6.91. The van der Waals surface area contributed by atoms with Crippen LogP contribution in [0.5, 0.6) is 5.75 Å². The molecular formula is C22H27N3O4S2. The number of thiophene rings is 1. The molecule has 0 spiro atoms. The zero-order valence-corrected chi connectivity index (χ0v) is 19.8. The van der Waals surface area contributed by atoms with Gasteiger partial charge in [0, 0.05) is 31.2 Å². The van der Waals surface area contributed by atoms with Crippen molar-refractivity contribution in [2.75, 3.05) is 33.1 Å². The maximum Gasteiger partial charge on any atom is 0.267 e. The zero-order chi connectivity index (χ0) is 22.4. The van der Waals surface area contributed by atoms with Crippen LogP contribution in [0.2, 0.25) is 0 Å². The Morgan fingerprint density at radius 3 is 2.84 bits per heavy atom. The molecule has 166 valence electrons. The van der Waals surface area contributed by atoms with Crippen LogP contribution in [-0.2, 0) is 16.0 Å². The Labute approximate surface area is 189 Å². The molecule has 1 amide bonds. The van der Waals surface area contributed by atoms with Crippen molar-refractivity contribution in [3.8, 4) is 11.4 Å². The summed E-state index contributed by atoms with van der Waals surface area (Å²) >= 11 is 2.79. The summed E-state index contributed by atoms with van der Waals surface area (Å²) in [5, 5.41) is 3.99. The van der Waals surface area contributed by atoms with E-state index in [-0.39, 0.29) is 17.2 Å². The van der Waals surface area contributed by atoms with Crippen LogP contribution < -0.4 is 15.6 Å². The Morgan fingerprint density at radius 1 is 1.32 bits per heavy atom. The number of aromatic nitrogens is 2. The maximum absolute atomic E-state index is 13.5. The molecule has 0 saturated heterocycles. The first-order valence-electron chi connectivity index (χ1n) is 10.1. The lowest BCUT2D eigenvalue weighted by atomic mass is 10.2. The Hall–Kier alpha value is -2.36. The summed E-state index contributed by atoms with van der Waals surface area (Å²) in [6.07, 6.45) is 1.59. The molecule has 1 N–H and O–H groups in total. The number of hydrogen-bond donors (Lipinski definition) is 1. The zero-order valence-electron chi connectivity index (χ0n) is 18.2. The molecule has 3 rings (SSSR count). The molecule has 0 bridgehead atoms. The molecule has 31 heavy (non-hydrogen) atoms. The second-order valence-corrected chi connectivity index (χ2v) is 8.93. The van der Waals surface area contributed by atoms with E-state index in [1.165, 1.54) is 11.8 Å². The Bertz CT molecular complexity index is 1120. The van der Waals surface area contributed by atoms with Gasteiger partial charge in [-0.25, -0.2) is 4.98 Å². The largest absolute Gasteiger partial charge is 0.497 e. The maximum atomic E-state index is 13.5. The number of nitrogens with one attached hydrogen (secondary N) is 1. The van der Waals surface area contributed by atoms with Crippen molar-refractivity contribution in [3.63, 3.8) is 0 Å². The van der Waals surface area contributed by atoms with Gasteiger partial charge in [-0.05, 0) is 37.5 Å². The molecule has 9 heteroatoms. The van der Waals surface area contributed by atoms with Gasteiger partial charge in [-0.3, -0.25) is 14.2 Å². The second kappa shape index (κ2) is 10.8. The van der Waals surface area contributed by atoms with Gasteiger partial charge in [-0.2, -0.15) is 0 Å². The topological polar surface area (TPSA) is 82.4 Å². The third-order valence-corrected chi connectivity index (χ3v) is 7.11. The molecule has 0 atom stereocenters. The molecule has 1 aromatic carbocycles. The first-order chi connectivity index (χ1) is 15.0. The predicted octanol–water partition coefficient (Wildman–Crippen LogP) is 3.57. The van der Waals surface area contributed by atoms with Gasteiger partial charge < -0.3 is 14.8 Å². The minimum atomic E-state index is -0.130. The fourth-order valence-corrected chi connectivity index (χ4v) is 5.25. The standard InChI is InChI=1S/C22H27N3O4S2/c1-5-17-14(2)19-20(31-17)24-22(30-13-18(26)23-10-7-11-28-3)25(21(19)27)15-8-6-9-16(12-15)29-4/h6,8-9,12H,5,7,10-11,13H2,1-4H3,(H,23,26). The van der Waals surface area contributed by atoms with Crippen molar-refractivity contribution in [2.45, 2.75) is 31.8 Å². The van der Waals surface area contributed by atoms with Crippen LogP contribution in [0.1, 0.15) is 23.8 Å². The number of carbonyl (C=O) groups excluding carboxylic acids is 1. The van der Waals surface area contributed by atoms with E-state index < -0.39 is 0 Å². The van der Waals surface area contributed by atoms with Crippen molar-refractivity contribution < 1.29 is 14.3 Å². The van der Waals surface area contributed by atoms with E-state index in [4.69, 9.17) is 14.5 Å². The van der Waals surface area contributed by atoms with Crippen LogP contribution in [0.3, 0.4) is 0 Å². The van der Waals surface area contributed by atoms with Crippen molar-refractivity contribution >= 4 is 39.2 Å². The highest BCUT2D eigenvalue weighted by molar-refractivity contribution is 7.99. The quantitative estimate of drug-likeness (QED) is 0.282. The third-order valence-electron chi connectivity index (χ3n) is 4.84. The average molecular weight is 462 g/mol. The van der Waals surface area contributed by atoms with Gasteiger partial charge in [0.05, 0.1) is 23.9 Å². The van der Waals surface area contributed by atoms with Crippen LogP contribution in [0.25, 0.3) is 15.9 Å². The van der Waals surface area contributed by atoms with Crippen molar-refractivity contribution in [1.82, 2.24) is 14.9 Å². The van der Waals surface area contributed by atoms with E-state index in [0.717, 1.165) is 23.3 Å². The molecule has 7 nitrogen and oxygen atoms in total. The molecule has 0 aliphatic rings. The van der Waals surface area contributed by atoms with Gasteiger partial charge in [0.15, 0.2) is 5.16 Å². The molecule has 0 aliphatic carbocycles. The van der Waals surface area contributed by atoms with E-state index in [9.17, 15) is 9.59 Å². The van der Waals surface area contributed by atoms with Crippen LogP contribution >= 0.6 is 23.1 Å². The Morgan fingerprint density at radius 2 is 2.13 bits per heavy atom. The van der Waals surface area contributed by atoms with Crippen molar-refractivity contribution in [3.05, 3.63) is 45.1 Å². The minimum Gasteiger partial charge on any atom is -0.497 e. The van der Waals surface area contributed by atoms with E-state index in [0.29, 0.717) is 40.0 Å². The normalized spacial score (nSPS) is 11.1. The van der Waals surface area contributed by atoms with Crippen LogP contribution in [0.15, 0.2) is 34.2 Å². The fraction of sp³-hybridized carbons (Fsp3) is 0.409. The molecule has 0 radical (unpaired) electrons. The summed E-state index contributed by atoms with van der Waals surface area (Å²) in [6, 6.07) is 7.30. The lowest BCUT2D eigenvalue weighted by Gasteiger charge is -2.13. The van der Waals surface area contributed by atoms with Crippen molar-refractivity contribution in [2.24, 2.45) is 0 Å². The average Bonchev–Trinajstić information content (AvgIpc) is 3.11. The molecule has 0 fully saturated rings. The molecule has 0 unspecified atom stereocenters. The number of fused-ring (bicyclic) bond motifs is 1. The number of aryl methyl sites for hydroxylation is 2. The van der Waals surface area contributed by atoms with E-state index in [1.807, 2.05) is 25.1 Å². The van der Waals surface area contributed by atoms with E-state index in [2.05, 4.69) is 12.2 Å². The summed E-state index contributed by atoms with van der Waals surface area (Å²) < 4.78 is 11.9. The lowest BCUT2D eigenvalue weighted by Crippen LogP contribution is -2.27. The number of thioether (sulfide) groups is 1. The highest BCUT2D eigenvalue weighted by Gasteiger charge is 2.19. The molecule has 2 aromatic heterocycles. The Kier molecular flexibility index (Phi) is 8.11. The Balaban J connectivity index is 2.00. The monoisotopic (exact) mass is 461 g/mol. The third kappa shape index (κ3) is 5.28. The lowest BCUT2D eigenvalue weighted by molar-refractivity contribution is -0.118.